The van der Waals surface area contributed by atoms with Gasteiger partial charge in [-0.1, -0.05) is 12.1 Å². The van der Waals surface area contributed by atoms with Crippen molar-refractivity contribution in [2.45, 2.75) is 38.3 Å². The normalized spacial score (nSPS) is 13.1. The second kappa shape index (κ2) is 12.4. The standard InChI is InChI=1S/C22H28FN3O2S.HI/c1-4-24-22(26-12-17-6-5-15(2)9-20(17)29-3)25-8-7-16-10-19(23)11-18-13-27-14-28-21(16)18;/h5-6,9-11H,4,7-8,12-14H2,1-3H3,(H2,24,25,26);1H. The summed E-state index contributed by atoms with van der Waals surface area (Å²) < 4.78 is 24.7. The lowest BCUT2D eigenvalue weighted by Crippen LogP contribution is -2.38. The Morgan fingerprint density at radius 3 is 2.80 bits per heavy atom. The Morgan fingerprint density at radius 2 is 2.03 bits per heavy atom. The Bertz CT molecular complexity index is 880. The molecular formula is C22H29FIN3O2S. The molecule has 1 heterocycles. The molecule has 3 rings (SSSR count). The van der Waals surface area contributed by atoms with Crippen molar-refractivity contribution in [1.29, 1.82) is 0 Å². The highest BCUT2D eigenvalue weighted by Crippen LogP contribution is 2.29. The second-order valence-electron chi connectivity index (χ2n) is 6.85. The zero-order valence-corrected chi connectivity index (χ0v) is 20.7. The van der Waals surface area contributed by atoms with Crippen LogP contribution in [-0.2, 0) is 24.3 Å². The molecular weight excluding hydrogens is 516 g/mol. The first-order valence-electron chi connectivity index (χ1n) is 9.78. The van der Waals surface area contributed by atoms with Crippen LogP contribution >= 0.6 is 35.7 Å². The number of aryl methyl sites for hydroxylation is 1. The molecule has 30 heavy (non-hydrogen) atoms. The summed E-state index contributed by atoms with van der Waals surface area (Å²) in [5, 5.41) is 6.61. The summed E-state index contributed by atoms with van der Waals surface area (Å²) in [6.45, 7) is 6.71. The van der Waals surface area contributed by atoms with Gasteiger partial charge in [-0.15, -0.1) is 35.7 Å². The average Bonchev–Trinajstić information content (AvgIpc) is 2.72. The van der Waals surface area contributed by atoms with E-state index in [1.807, 2.05) is 6.92 Å². The predicted molar refractivity (Wildman–Crippen MR) is 132 cm³/mol. The highest BCUT2D eigenvalue weighted by atomic mass is 127. The van der Waals surface area contributed by atoms with Gasteiger partial charge in [-0.25, -0.2) is 9.38 Å². The minimum absolute atomic E-state index is 0. The molecule has 0 bridgehead atoms. The van der Waals surface area contributed by atoms with Crippen molar-refractivity contribution in [3.8, 4) is 5.75 Å². The molecule has 0 radical (unpaired) electrons. The van der Waals surface area contributed by atoms with E-state index in [-0.39, 0.29) is 36.6 Å². The summed E-state index contributed by atoms with van der Waals surface area (Å²) in [4.78, 5) is 5.96. The predicted octanol–water partition coefficient (Wildman–Crippen LogP) is 4.64. The van der Waals surface area contributed by atoms with Gasteiger partial charge in [-0.3, -0.25) is 0 Å². The first-order chi connectivity index (χ1) is 14.1. The molecule has 2 aromatic rings. The van der Waals surface area contributed by atoms with E-state index < -0.39 is 0 Å². The minimum Gasteiger partial charge on any atom is -0.467 e. The number of benzene rings is 2. The molecule has 164 valence electrons. The molecule has 2 N–H and O–H groups in total. The van der Waals surface area contributed by atoms with E-state index in [1.165, 1.54) is 28.2 Å². The Labute approximate surface area is 199 Å². The minimum atomic E-state index is -0.266. The highest BCUT2D eigenvalue weighted by molar-refractivity contribution is 14.0. The van der Waals surface area contributed by atoms with E-state index in [2.05, 4.69) is 42.0 Å². The van der Waals surface area contributed by atoms with Crippen LogP contribution < -0.4 is 15.4 Å². The smallest absolute Gasteiger partial charge is 0.191 e. The molecule has 8 heteroatoms. The van der Waals surface area contributed by atoms with Crippen LogP contribution in [0, 0.1) is 12.7 Å². The summed E-state index contributed by atoms with van der Waals surface area (Å²) in [6.07, 6.45) is 2.71. The van der Waals surface area contributed by atoms with Gasteiger partial charge in [0, 0.05) is 23.5 Å². The Hall–Kier alpha value is -1.52. The number of guanidine groups is 1. The van der Waals surface area contributed by atoms with E-state index in [9.17, 15) is 4.39 Å². The maximum absolute atomic E-state index is 13.9. The Balaban J connectivity index is 0.00000320. The van der Waals surface area contributed by atoms with Gasteiger partial charge in [-0.2, -0.15) is 0 Å². The van der Waals surface area contributed by atoms with Crippen molar-refractivity contribution < 1.29 is 13.9 Å². The summed E-state index contributed by atoms with van der Waals surface area (Å²) >= 11 is 1.73. The van der Waals surface area contributed by atoms with Crippen molar-refractivity contribution >= 4 is 41.7 Å². The zero-order chi connectivity index (χ0) is 20.6. The quantitative estimate of drug-likeness (QED) is 0.230. The number of halogens is 2. The van der Waals surface area contributed by atoms with Crippen LogP contribution in [-0.4, -0.2) is 32.1 Å². The molecule has 0 spiro atoms. The number of hydrogen-bond acceptors (Lipinski definition) is 4. The fourth-order valence-corrected chi connectivity index (χ4v) is 3.94. The van der Waals surface area contributed by atoms with Crippen LogP contribution in [0.2, 0.25) is 0 Å². The van der Waals surface area contributed by atoms with Crippen LogP contribution in [0.25, 0.3) is 0 Å². The summed E-state index contributed by atoms with van der Waals surface area (Å²) in [5.74, 6) is 1.22. The van der Waals surface area contributed by atoms with Gasteiger partial charge >= 0.3 is 0 Å². The van der Waals surface area contributed by atoms with E-state index in [0.29, 0.717) is 26.1 Å². The Kier molecular flexibility index (Phi) is 10.2. The molecule has 0 aliphatic carbocycles. The third kappa shape index (κ3) is 6.75. The maximum Gasteiger partial charge on any atom is 0.191 e. The topological polar surface area (TPSA) is 54.9 Å². The number of hydrogen-bond donors (Lipinski definition) is 2. The average molecular weight is 545 g/mol. The third-order valence-corrected chi connectivity index (χ3v) is 5.45. The largest absolute Gasteiger partial charge is 0.467 e. The number of fused-ring (bicyclic) bond motifs is 1. The van der Waals surface area contributed by atoms with Crippen molar-refractivity contribution in [2.24, 2.45) is 4.99 Å². The van der Waals surface area contributed by atoms with E-state index in [1.54, 1.807) is 11.8 Å². The summed E-state index contributed by atoms with van der Waals surface area (Å²) in [6, 6.07) is 9.44. The first kappa shape index (κ1) is 24.7. The van der Waals surface area contributed by atoms with Crippen LogP contribution in [0.1, 0.15) is 29.2 Å². The summed E-state index contributed by atoms with van der Waals surface area (Å²) in [5.41, 5.74) is 4.05. The maximum atomic E-state index is 13.9. The van der Waals surface area contributed by atoms with Gasteiger partial charge in [0.1, 0.15) is 11.6 Å². The molecule has 0 saturated carbocycles. The van der Waals surface area contributed by atoms with E-state index in [4.69, 9.17) is 14.5 Å². The van der Waals surface area contributed by atoms with Gasteiger partial charge in [0.2, 0.25) is 0 Å². The molecule has 0 unspecified atom stereocenters. The lowest BCUT2D eigenvalue weighted by molar-refractivity contribution is -0.0172. The van der Waals surface area contributed by atoms with Crippen LogP contribution in [0.3, 0.4) is 0 Å². The number of ether oxygens (including phenoxy) is 2. The molecule has 1 aliphatic rings. The molecule has 2 aromatic carbocycles. The molecule has 0 aromatic heterocycles. The second-order valence-corrected chi connectivity index (χ2v) is 7.70. The van der Waals surface area contributed by atoms with Crippen molar-refractivity contribution in [2.75, 3.05) is 26.1 Å². The zero-order valence-electron chi connectivity index (χ0n) is 17.6. The lowest BCUT2D eigenvalue weighted by Gasteiger charge is -2.21. The van der Waals surface area contributed by atoms with Crippen molar-refractivity contribution in [1.82, 2.24) is 10.6 Å². The Morgan fingerprint density at radius 1 is 1.20 bits per heavy atom. The third-order valence-electron chi connectivity index (χ3n) is 4.63. The van der Waals surface area contributed by atoms with Gasteiger partial charge in [0.05, 0.1) is 13.2 Å². The van der Waals surface area contributed by atoms with E-state index in [0.717, 1.165) is 29.4 Å². The molecule has 1 aliphatic heterocycles. The van der Waals surface area contributed by atoms with Crippen LogP contribution in [0.15, 0.2) is 40.2 Å². The molecule has 5 nitrogen and oxygen atoms in total. The van der Waals surface area contributed by atoms with Crippen molar-refractivity contribution in [3.63, 3.8) is 0 Å². The number of rotatable bonds is 7. The molecule has 0 fully saturated rings. The van der Waals surface area contributed by atoms with Crippen LogP contribution in [0.5, 0.6) is 5.75 Å². The van der Waals surface area contributed by atoms with Gasteiger partial charge in [0.25, 0.3) is 0 Å². The molecule has 0 saturated heterocycles. The van der Waals surface area contributed by atoms with Gasteiger partial charge in [0.15, 0.2) is 12.8 Å². The number of aliphatic imine (C=N–C) groups is 1. The van der Waals surface area contributed by atoms with Crippen molar-refractivity contribution in [3.05, 3.63) is 58.4 Å². The number of nitrogens with zero attached hydrogens (tertiary/aromatic N) is 1. The SMILES string of the molecule is CCNC(=NCc1ccc(C)cc1SC)NCCc1cc(F)cc2c1OCOC2.I. The summed E-state index contributed by atoms with van der Waals surface area (Å²) in [7, 11) is 0. The number of thioether (sulfide) groups is 1. The molecule has 0 amide bonds. The van der Waals surface area contributed by atoms with Gasteiger partial charge in [-0.05, 0) is 61.4 Å². The fourth-order valence-electron chi connectivity index (χ4n) is 3.25. The number of nitrogens with one attached hydrogen (secondary N) is 2. The molecule has 0 atom stereocenters. The first-order valence-corrected chi connectivity index (χ1v) is 11.0. The van der Waals surface area contributed by atoms with Crippen LogP contribution in [0.4, 0.5) is 4.39 Å². The lowest BCUT2D eigenvalue weighted by atomic mass is 10.1. The highest BCUT2D eigenvalue weighted by Gasteiger charge is 2.16. The fraction of sp³-hybridized carbons (Fsp3) is 0.409. The van der Waals surface area contributed by atoms with Gasteiger partial charge < -0.3 is 20.1 Å². The monoisotopic (exact) mass is 545 g/mol. The van der Waals surface area contributed by atoms with E-state index >= 15 is 0 Å².